The van der Waals surface area contributed by atoms with Crippen LogP contribution in [0, 0.1) is 13.8 Å². The number of methoxy groups -OCH3 is 1. The lowest BCUT2D eigenvalue weighted by atomic mass is 10.1. The largest absolute Gasteiger partial charge is 0.465 e. The first kappa shape index (κ1) is 17.7. The molecule has 6 heteroatoms. The summed E-state index contributed by atoms with van der Waals surface area (Å²) < 4.78 is 10.5. The maximum absolute atomic E-state index is 12.5. The van der Waals surface area contributed by atoms with Gasteiger partial charge in [-0.2, -0.15) is 0 Å². The fourth-order valence-corrected chi connectivity index (χ4v) is 3.12. The molecule has 1 aromatic heterocycles. The number of hydrogen-bond acceptors (Lipinski definition) is 5. The maximum atomic E-state index is 12.5. The van der Waals surface area contributed by atoms with E-state index < -0.39 is 5.97 Å². The van der Waals surface area contributed by atoms with E-state index in [2.05, 4.69) is 4.98 Å². The van der Waals surface area contributed by atoms with Gasteiger partial charge in [0.15, 0.2) is 5.78 Å². The molecule has 23 heavy (non-hydrogen) atoms. The maximum Gasteiger partial charge on any atom is 0.339 e. The van der Waals surface area contributed by atoms with Crippen molar-refractivity contribution in [3.63, 3.8) is 0 Å². The molecular formula is C17H26N2O4. The molecule has 128 valence electrons. The van der Waals surface area contributed by atoms with Crippen LogP contribution in [-0.4, -0.2) is 61.6 Å². The van der Waals surface area contributed by atoms with Crippen LogP contribution < -0.4 is 0 Å². The third kappa shape index (κ3) is 4.20. The Bertz CT molecular complexity index is 573. The molecule has 1 atom stereocenters. The van der Waals surface area contributed by atoms with E-state index >= 15 is 0 Å². The number of aryl methyl sites for hydroxylation is 1. The molecule has 1 N–H and O–H groups in total. The van der Waals surface area contributed by atoms with Gasteiger partial charge in [0, 0.05) is 18.8 Å². The van der Waals surface area contributed by atoms with Crippen LogP contribution in [0.5, 0.6) is 0 Å². The third-order valence-electron chi connectivity index (χ3n) is 4.31. The highest BCUT2D eigenvalue weighted by Crippen LogP contribution is 2.20. The van der Waals surface area contributed by atoms with Crippen molar-refractivity contribution in [1.82, 2.24) is 9.88 Å². The molecule has 0 radical (unpaired) electrons. The van der Waals surface area contributed by atoms with Gasteiger partial charge < -0.3 is 14.5 Å². The Kier molecular flexibility index (Phi) is 5.96. The summed E-state index contributed by atoms with van der Waals surface area (Å²) in [7, 11) is 3.26. The Morgan fingerprint density at radius 1 is 1.35 bits per heavy atom. The van der Waals surface area contributed by atoms with E-state index in [-0.39, 0.29) is 11.9 Å². The molecule has 6 nitrogen and oxygen atoms in total. The second kappa shape index (κ2) is 7.75. The number of nitrogens with one attached hydrogen (secondary N) is 1. The van der Waals surface area contributed by atoms with Gasteiger partial charge >= 0.3 is 5.97 Å². The van der Waals surface area contributed by atoms with E-state index in [1.807, 2.05) is 11.9 Å². The molecule has 2 heterocycles. The average molecular weight is 322 g/mol. The number of carbonyl (C=O) groups excluding carboxylic acids is 2. The summed E-state index contributed by atoms with van der Waals surface area (Å²) in [6.07, 6.45) is 3.56. The number of aromatic nitrogens is 1. The topological polar surface area (TPSA) is 71.6 Å². The normalized spacial score (nSPS) is 18.2. The van der Waals surface area contributed by atoms with Gasteiger partial charge in [0.25, 0.3) is 0 Å². The third-order valence-corrected chi connectivity index (χ3v) is 4.31. The number of ketones is 1. The van der Waals surface area contributed by atoms with E-state index in [1.165, 1.54) is 13.5 Å². The summed E-state index contributed by atoms with van der Waals surface area (Å²) in [5, 5.41) is 0. The summed E-state index contributed by atoms with van der Waals surface area (Å²) in [6.45, 7) is 5.39. The molecule has 1 unspecified atom stereocenters. The molecule has 1 aromatic rings. The number of H-pyrrole nitrogens is 1. The standard InChI is InChI=1S/C17H26N2O4/c1-11-15(17(21)22-4)12(2)18-16(11)14(20)10-19(3)9-13-7-5-6-8-23-13/h13,18H,5-10H2,1-4H3. The van der Waals surface area contributed by atoms with Gasteiger partial charge in [0.2, 0.25) is 0 Å². The monoisotopic (exact) mass is 322 g/mol. The fourth-order valence-electron chi connectivity index (χ4n) is 3.12. The minimum absolute atomic E-state index is 0.0286. The number of hydrogen-bond donors (Lipinski definition) is 1. The molecule has 0 amide bonds. The molecule has 1 fully saturated rings. The lowest BCUT2D eigenvalue weighted by Crippen LogP contribution is -2.36. The lowest BCUT2D eigenvalue weighted by Gasteiger charge is -2.26. The van der Waals surface area contributed by atoms with E-state index in [4.69, 9.17) is 9.47 Å². The summed E-state index contributed by atoms with van der Waals surface area (Å²) >= 11 is 0. The summed E-state index contributed by atoms with van der Waals surface area (Å²) in [5.74, 6) is -0.446. The van der Waals surface area contributed by atoms with Crippen molar-refractivity contribution >= 4 is 11.8 Å². The Labute approximate surface area is 137 Å². The van der Waals surface area contributed by atoms with E-state index in [1.54, 1.807) is 13.8 Å². The van der Waals surface area contributed by atoms with Crippen LogP contribution in [0.25, 0.3) is 0 Å². The number of rotatable bonds is 6. The molecular weight excluding hydrogens is 296 g/mol. The van der Waals surface area contributed by atoms with Crippen molar-refractivity contribution in [2.45, 2.75) is 39.2 Å². The summed E-state index contributed by atoms with van der Waals surface area (Å²) in [5.41, 5.74) is 2.26. The van der Waals surface area contributed by atoms with E-state index in [0.29, 0.717) is 29.1 Å². The van der Waals surface area contributed by atoms with E-state index in [9.17, 15) is 9.59 Å². The zero-order chi connectivity index (χ0) is 17.0. The minimum Gasteiger partial charge on any atom is -0.465 e. The number of ether oxygens (including phenoxy) is 2. The van der Waals surface area contributed by atoms with E-state index in [0.717, 1.165) is 26.0 Å². The molecule has 0 bridgehead atoms. The minimum atomic E-state index is -0.417. The molecule has 1 aliphatic rings. The highest BCUT2D eigenvalue weighted by atomic mass is 16.5. The number of nitrogens with zero attached hydrogens (tertiary/aromatic N) is 1. The van der Waals surface area contributed by atoms with Crippen molar-refractivity contribution in [1.29, 1.82) is 0 Å². The zero-order valence-corrected chi connectivity index (χ0v) is 14.4. The van der Waals surface area contributed by atoms with Crippen molar-refractivity contribution < 1.29 is 19.1 Å². The van der Waals surface area contributed by atoms with Gasteiger partial charge in [-0.05, 0) is 45.7 Å². The molecule has 0 aromatic carbocycles. The highest BCUT2D eigenvalue weighted by molar-refractivity contribution is 6.02. The van der Waals surface area contributed by atoms with Gasteiger partial charge in [-0.1, -0.05) is 0 Å². The smallest absolute Gasteiger partial charge is 0.339 e. The number of aromatic amines is 1. The molecule has 0 saturated carbocycles. The predicted molar refractivity (Wildman–Crippen MR) is 87.0 cm³/mol. The predicted octanol–water partition coefficient (Wildman–Crippen LogP) is 2.10. The van der Waals surface area contributed by atoms with Gasteiger partial charge in [-0.3, -0.25) is 9.69 Å². The van der Waals surface area contributed by atoms with Gasteiger partial charge in [-0.25, -0.2) is 4.79 Å². The fraction of sp³-hybridized carbons (Fsp3) is 0.647. The number of Topliss-reactive ketones (excluding diaryl/α,β-unsaturated/α-hetero) is 1. The Balaban J connectivity index is 2.01. The van der Waals surface area contributed by atoms with Crippen LogP contribution in [0.1, 0.15) is 51.4 Å². The second-order valence-corrected chi connectivity index (χ2v) is 6.23. The Morgan fingerprint density at radius 3 is 2.70 bits per heavy atom. The zero-order valence-electron chi connectivity index (χ0n) is 14.4. The first-order valence-corrected chi connectivity index (χ1v) is 8.04. The van der Waals surface area contributed by atoms with Gasteiger partial charge in [-0.15, -0.1) is 0 Å². The van der Waals surface area contributed by atoms with Crippen LogP contribution in [0.15, 0.2) is 0 Å². The number of carbonyl (C=O) groups is 2. The van der Waals surface area contributed by atoms with Gasteiger partial charge in [0.1, 0.15) is 0 Å². The number of likely N-dealkylation sites (N-methyl/N-ethyl adjacent to an activating group) is 1. The van der Waals surface area contributed by atoms with Crippen LogP contribution in [-0.2, 0) is 9.47 Å². The number of esters is 1. The van der Waals surface area contributed by atoms with Crippen molar-refractivity contribution in [3.05, 3.63) is 22.5 Å². The van der Waals surface area contributed by atoms with Crippen LogP contribution in [0.2, 0.25) is 0 Å². The molecule has 1 aliphatic heterocycles. The SMILES string of the molecule is COC(=O)c1c(C)[nH]c(C(=O)CN(C)CC2CCCCO2)c1C. The summed E-state index contributed by atoms with van der Waals surface area (Å²) in [6, 6.07) is 0. The quantitative estimate of drug-likeness (QED) is 0.641. The van der Waals surface area contributed by atoms with Gasteiger partial charge in [0.05, 0.1) is 31.0 Å². The molecule has 0 spiro atoms. The van der Waals surface area contributed by atoms with Crippen molar-refractivity contribution in [3.8, 4) is 0 Å². The molecule has 1 saturated heterocycles. The average Bonchev–Trinajstić information content (AvgIpc) is 2.82. The molecule has 2 rings (SSSR count). The summed E-state index contributed by atoms with van der Waals surface area (Å²) in [4.78, 5) is 29.3. The lowest BCUT2D eigenvalue weighted by molar-refractivity contribution is -0.000692. The molecule has 0 aliphatic carbocycles. The highest BCUT2D eigenvalue weighted by Gasteiger charge is 2.24. The first-order valence-electron chi connectivity index (χ1n) is 8.04. The first-order chi connectivity index (χ1) is 10.9. The second-order valence-electron chi connectivity index (χ2n) is 6.23. The Morgan fingerprint density at radius 2 is 2.09 bits per heavy atom. The van der Waals surface area contributed by atoms with Crippen molar-refractivity contribution in [2.75, 3.05) is 33.9 Å². The van der Waals surface area contributed by atoms with Crippen LogP contribution >= 0.6 is 0 Å². The Hall–Kier alpha value is -1.66. The van der Waals surface area contributed by atoms with Crippen LogP contribution in [0.3, 0.4) is 0 Å². The van der Waals surface area contributed by atoms with Crippen molar-refractivity contribution in [2.24, 2.45) is 0 Å². The van der Waals surface area contributed by atoms with Crippen LogP contribution in [0.4, 0.5) is 0 Å².